The molecule has 1 heterocycles. The van der Waals surface area contributed by atoms with E-state index in [2.05, 4.69) is 5.32 Å². The summed E-state index contributed by atoms with van der Waals surface area (Å²) in [5.74, 6) is 0.604. The van der Waals surface area contributed by atoms with E-state index in [1.54, 1.807) is 6.07 Å². The van der Waals surface area contributed by atoms with Gasteiger partial charge in [0.2, 0.25) is 0 Å². The molecule has 70 valence electrons. The number of rotatable bonds is 1. The van der Waals surface area contributed by atoms with E-state index in [1.165, 1.54) is 0 Å². The largest absolute Gasteiger partial charge is 0.508 e. The summed E-state index contributed by atoms with van der Waals surface area (Å²) in [4.78, 5) is 0. The summed E-state index contributed by atoms with van der Waals surface area (Å²) in [5.41, 5.74) is 6.86. The number of phenols is 1. The van der Waals surface area contributed by atoms with Crippen LogP contribution in [-0.2, 0) is 0 Å². The summed E-state index contributed by atoms with van der Waals surface area (Å²) >= 11 is 0. The van der Waals surface area contributed by atoms with Gasteiger partial charge < -0.3 is 16.2 Å². The number of phenolic OH excluding ortho intramolecular Hbond substituents is 1. The number of hydrogen-bond acceptors (Lipinski definition) is 3. The third kappa shape index (κ3) is 1.53. The van der Waals surface area contributed by atoms with Crippen LogP contribution in [-0.4, -0.2) is 24.2 Å². The molecular weight excluding hydrogens is 164 g/mol. The lowest BCUT2D eigenvalue weighted by Crippen LogP contribution is -2.27. The lowest BCUT2D eigenvalue weighted by atomic mass is 9.94. The van der Waals surface area contributed by atoms with Gasteiger partial charge >= 0.3 is 0 Å². The molecule has 1 aromatic rings. The van der Waals surface area contributed by atoms with Crippen LogP contribution in [0, 0.1) is 0 Å². The van der Waals surface area contributed by atoms with E-state index < -0.39 is 0 Å². The van der Waals surface area contributed by atoms with Gasteiger partial charge in [0.05, 0.1) is 0 Å². The first kappa shape index (κ1) is 8.53. The maximum Gasteiger partial charge on any atom is 0.119 e. The zero-order valence-corrected chi connectivity index (χ0v) is 7.40. The van der Waals surface area contributed by atoms with Crippen molar-refractivity contribution >= 4 is 0 Å². The SMILES string of the molecule is NC1CNCC1c1ccccc1O. The normalized spacial score (nSPS) is 27.8. The Labute approximate surface area is 77.6 Å². The van der Waals surface area contributed by atoms with Crippen LogP contribution in [0.3, 0.4) is 0 Å². The zero-order valence-electron chi connectivity index (χ0n) is 7.40. The highest BCUT2D eigenvalue weighted by Crippen LogP contribution is 2.28. The van der Waals surface area contributed by atoms with Crippen molar-refractivity contribution in [3.05, 3.63) is 29.8 Å². The number of para-hydroxylation sites is 1. The van der Waals surface area contributed by atoms with Crippen LogP contribution in [0.2, 0.25) is 0 Å². The summed E-state index contributed by atoms with van der Waals surface area (Å²) in [5, 5.41) is 12.8. The molecule has 0 saturated carbocycles. The molecule has 0 bridgehead atoms. The third-order valence-electron chi connectivity index (χ3n) is 2.60. The minimum absolute atomic E-state index is 0.119. The number of nitrogens with two attached hydrogens (primary N) is 1. The summed E-state index contributed by atoms with van der Waals surface area (Å²) in [6.45, 7) is 1.69. The number of nitrogens with one attached hydrogen (secondary N) is 1. The molecule has 3 nitrogen and oxygen atoms in total. The van der Waals surface area contributed by atoms with Gasteiger partial charge in [0, 0.05) is 25.0 Å². The van der Waals surface area contributed by atoms with E-state index in [0.29, 0.717) is 5.75 Å². The maximum absolute atomic E-state index is 9.61. The second-order valence-corrected chi connectivity index (χ2v) is 3.49. The standard InChI is InChI=1S/C10H14N2O/c11-9-6-12-5-8(9)7-3-1-2-4-10(7)13/h1-4,8-9,12-13H,5-6,11H2. The maximum atomic E-state index is 9.61. The molecule has 1 fully saturated rings. The van der Waals surface area contributed by atoms with E-state index in [-0.39, 0.29) is 12.0 Å². The molecule has 1 aromatic carbocycles. The van der Waals surface area contributed by atoms with Crippen LogP contribution in [0.15, 0.2) is 24.3 Å². The summed E-state index contributed by atoms with van der Waals surface area (Å²) in [6, 6.07) is 7.52. The van der Waals surface area contributed by atoms with Crippen molar-refractivity contribution in [1.29, 1.82) is 0 Å². The molecule has 2 unspecified atom stereocenters. The average molecular weight is 178 g/mol. The van der Waals surface area contributed by atoms with Gasteiger partial charge in [-0.05, 0) is 11.6 Å². The average Bonchev–Trinajstić information content (AvgIpc) is 2.52. The van der Waals surface area contributed by atoms with Crippen molar-refractivity contribution in [2.24, 2.45) is 5.73 Å². The number of hydrogen-bond donors (Lipinski definition) is 3. The van der Waals surface area contributed by atoms with Gasteiger partial charge in [-0.25, -0.2) is 0 Å². The van der Waals surface area contributed by atoms with Gasteiger partial charge in [-0.2, -0.15) is 0 Å². The Bertz CT molecular complexity index is 301. The Hall–Kier alpha value is -1.06. The van der Waals surface area contributed by atoms with Crippen molar-refractivity contribution in [2.45, 2.75) is 12.0 Å². The molecule has 2 atom stereocenters. The third-order valence-corrected chi connectivity index (χ3v) is 2.60. The highest BCUT2D eigenvalue weighted by atomic mass is 16.3. The summed E-state index contributed by atoms with van der Waals surface area (Å²) < 4.78 is 0. The van der Waals surface area contributed by atoms with Crippen molar-refractivity contribution in [3.63, 3.8) is 0 Å². The second-order valence-electron chi connectivity index (χ2n) is 3.49. The first-order valence-corrected chi connectivity index (χ1v) is 4.53. The van der Waals surface area contributed by atoms with Gasteiger partial charge in [-0.15, -0.1) is 0 Å². The summed E-state index contributed by atoms with van der Waals surface area (Å²) in [7, 11) is 0. The summed E-state index contributed by atoms with van der Waals surface area (Å²) in [6.07, 6.45) is 0. The lowest BCUT2D eigenvalue weighted by Gasteiger charge is -2.15. The lowest BCUT2D eigenvalue weighted by molar-refractivity contribution is 0.459. The van der Waals surface area contributed by atoms with Crippen LogP contribution in [0.5, 0.6) is 5.75 Å². The Morgan fingerprint density at radius 1 is 1.31 bits per heavy atom. The molecule has 13 heavy (non-hydrogen) atoms. The predicted molar refractivity (Wildman–Crippen MR) is 51.7 cm³/mol. The fraction of sp³-hybridized carbons (Fsp3) is 0.400. The molecule has 0 aliphatic carbocycles. The molecule has 1 aliphatic heterocycles. The van der Waals surface area contributed by atoms with E-state index in [9.17, 15) is 5.11 Å². The van der Waals surface area contributed by atoms with Crippen LogP contribution in [0.4, 0.5) is 0 Å². The zero-order chi connectivity index (χ0) is 9.26. The molecule has 1 aliphatic rings. The monoisotopic (exact) mass is 178 g/mol. The van der Waals surface area contributed by atoms with Crippen LogP contribution < -0.4 is 11.1 Å². The Morgan fingerprint density at radius 3 is 2.69 bits per heavy atom. The van der Waals surface area contributed by atoms with Crippen molar-refractivity contribution in [2.75, 3.05) is 13.1 Å². The van der Waals surface area contributed by atoms with E-state index in [1.807, 2.05) is 18.2 Å². The molecule has 3 heteroatoms. The molecule has 4 N–H and O–H groups in total. The molecule has 0 aromatic heterocycles. The fourth-order valence-electron chi connectivity index (χ4n) is 1.84. The topological polar surface area (TPSA) is 58.3 Å². The fourth-order valence-corrected chi connectivity index (χ4v) is 1.84. The van der Waals surface area contributed by atoms with Gasteiger partial charge in [-0.3, -0.25) is 0 Å². The minimum atomic E-state index is 0.119. The van der Waals surface area contributed by atoms with Crippen LogP contribution >= 0.6 is 0 Å². The quantitative estimate of drug-likeness (QED) is 0.583. The Morgan fingerprint density at radius 2 is 2.08 bits per heavy atom. The highest BCUT2D eigenvalue weighted by Gasteiger charge is 2.26. The number of benzene rings is 1. The molecule has 2 rings (SSSR count). The van der Waals surface area contributed by atoms with Crippen LogP contribution in [0.25, 0.3) is 0 Å². The van der Waals surface area contributed by atoms with Gasteiger partial charge in [-0.1, -0.05) is 18.2 Å². The molecular formula is C10H14N2O. The Balaban J connectivity index is 2.29. The van der Waals surface area contributed by atoms with E-state index in [4.69, 9.17) is 5.73 Å². The minimum Gasteiger partial charge on any atom is -0.508 e. The van der Waals surface area contributed by atoms with Crippen molar-refractivity contribution < 1.29 is 5.11 Å². The first-order valence-electron chi connectivity index (χ1n) is 4.53. The smallest absolute Gasteiger partial charge is 0.119 e. The van der Waals surface area contributed by atoms with Crippen molar-refractivity contribution in [3.8, 4) is 5.75 Å². The van der Waals surface area contributed by atoms with E-state index >= 15 is 0 Å². The second kappa shape index (κ2) is 3.36. The predicted octanol–water partition coefficient (Wildman–Crippen LogP) is 0.406. The van der Waals surface area contributed by atoms with Gasteiger partial charge in [0.1, 0.15) is 5.75 Å². The van der Waals surface area contributed by atoms with E-state index in [0.717, 1.165) is 18.7 Å². The highest BCUT2D eigenvalue weighted by molar-refractivity contribution is 5.36. The molecule has 0 radical (unpaired) electrons. The molecule has 1 saturated heterocycles. The number of aromatic hydroxyl groups is 1. The van der Waals surface area contributed by atoms with Gasteiger partial charge in [0.25, 0.3) is 0 Å². The first-order chi connectivity index (χ1) is 6.29. The van der Waals surface area contributed by atoms with Crippen molar-refractivity contribution in [1.82, 2.24) is 5.32 Å². The van der Waals surface area contributed by atoms with Crippen LogP contribution in [0.1, 0.15) is 11.5 Å². The molecule has 0 amide bonds. The Kier molecular flexibility index (Phi) is 2.20. The molecule has 0 spiro atoms. The van der Waals surface area contributed by atoms with Gasteiger partial charge in [0.15, 0.2) is 0 Å².